The van der Waals surface area contributed by atoms with E-state index in [-0.39, 0.29) is 11.7 Å². The van der Waals surface area contributed by atoms with Gasteiger partial charge in [0, 0.05) is 13.1 Å². The summed E-state index contributed by atoms with van der Waals surface area (Å²) in [4.78, 5) is 18.3. The molecule has 1 heterocycles. The number of anilines is 1. The van der Waals surface area contributed by atoms with E-state index in [1.165, 1.54) is 12.1 Å². The van der Waals surface area contributed by atoms with Gasteiger partial charge in [0.05, 0.1) is 11.9 Å². The summed E-state index contributed by atoms with van der Waals surface area (Å²) in [6.45, 7) is 2.28. The van der Waals surface area contributed by atoms with E-state index in [1.54, 1.807) is 24.4 Å². The number of hydrogen-bond donors (Lipinski definition) is 2. The van der Waals surface area contributed by atoms with Crippen molar-refractivity contribution < 1.29 is 9.18 Å². The van der Waals surface area contributed by atoms with Gasteiger partial charge in [-0.25, -0.2) is 9.37 Å². The van der Waals surface area contributed by atoms with Gasteiger partial charge in [0.15, 0.2) is 0 Å². The van der Waals surface area contributed by atoms with Crippen molar-refractivity contribution in [1.29, 1.82) is 0 Å². The standard InChI is InChI=1S/C19H25FN4O/c1-24(2)13-3-11-22-19(25)18-9-8-17(14-23-18)21-12-10-15-4-6-16(20)7-5-15/h4-9,14,21H,3,10-13H2,1-2H3,(H,22,25). The Balaban J connectivity index is 1.73. The summed E-state index contributed by atoms with van der Waals surface area (Å²) in [7, 11) is 4.01. The number of carbonyl (C=O) groups excluding carboxylic acids is 1. The molecule has 1 amide bonds. The molecule has 0 aliphatic heterocycles. The highest BCUT2D eigenvalue weighted by Crippen LogP contribution is 2.08. The fraction of sp³-hybridized carbons (Fsp3) is 0.368. The van der Waals surface area contributed by atoms with E-state index < -0.39 is 0 Å². The van der Waals surface area contributed by atoms with Crippen LogP contribution in [0.15, 0.2) is 42.6 Å². The minimum atomic E-state index is -0.225. The molecular weight excluding hydrogens is 319 g/mol. The van der Waals surface area contributed by atoms with Gasteiger partial charge in [-0.2, -0.15) is 0 Å². The van der Waals surface area contributed by atoms with Crippen molar-refractivity contribution in [2.24, 2.45) is 0 Å². The largest absolute Gasteiger partial charge is 0.383 e. The molecule has 0 aliphatic carbocycles. The third kappa shape index (κ3) is 6.89. The zero-order valence-electron chi connectivity index (χ0n) is 14.8. The molecule has 6 heteroatoms. The molecular formula is C19H25FN4O. The molecule has 0 unspecified atom stereocenters. The maximum absolute atomic E-state index is 12.9. The Kier molecular flexibility index (Phi) is 7.35. The smallest absolute Gasteiger partial charge is 0.269 e. The van der Waals surface area contributed by atoms with E-state index in [0.29, 0.717) is 18.8 Å². The van der Waals surface area contributed by atoms with Gasteiger partial charge in [0.1, 0.15) is 11.5 Å². The molecule has 1 aromatic heterocycles. The van der Waals surface area contributed by atoms with E-state index in [1.807, 2.05) is 20.2 Å². The number of hydrogen-bond acceptors (Lipinski definition) is 4. The summed E-state index contributed by atoms with van der Waals surface area (Å²) in [6, 6.07) is 10.0. The van der Waals surface area contributed by atoms with Crippen LogP contribution in [0.3, 0.4) is 0 Å². The van der Waals surface area contributed by atoms with E-state index >= 15 is 0 Å². The minimum absolute atomic E-state index is 0.156. The Morgan fingerprint density at radius 2 is 1.88 bits per heavy atom. The third-order valence-electron chi connectivity index (χ3n) is 3.72. The van der Waals surface area contributed by atoms with Crippen LogP contribution >= 0.6 is 0 Å². The zero-order chi connectivity index (χ0) is 18.1. The van der Waals surface area contributed by atoms with Gasteiger partial charge in [-0.1, -0.05) is 12.1 Å². The number of amides is 1. The first-order valence-electron chi connectivity index (χ1n) is 8.42. The highest BCUT2D eigenvalue weighted by atomic mass is 19.1. The number of pyridine rings is 1. The molecule has 2 N–H and O–H groups in total. The third-order valence-corrected chi connectivity index (χ3v) is 3.72. The molecule has 0 saturated heterocycles. The molecule has 0 aliphatic rings. The maximum Gasteiger partial charge on any atom is 0.269 e. The second kappa shape index (κ2) is 9.74. The predicted octanol–water partition coefficient (Wildman–Crippen LogP) is 2.56. The van der Waals surface area contributed by atoms with Crippen molar-refractivity contribution in [3.8, 4) is 0 Å². The molecule has 0 saturated carbocycles. The number of rotatable bonds is 9. The Morgan fingerprint density at radius 1 is 1.12 bits per heavy atom. The average molecular weight is 344 g/mol. The first kappa shape index (κ1) is 18.9. The Morgan fingerprint density at radius 3 is 2.52 bits per heavy atom. The van der Waals surface area contributed by atoms with Crippen LogP contribution in [-0.4, -0.2) is 49.5 Å². The van der Waals surface area contributed by atoms with Crippen LogP contribution in [0, 0.1) is 5.82 Å². The highest BCUT2D eigenvalue weighted by Gasteiger charge is 2.06. The SMILES string of the molecule is CN(C)CCCNC(=O)c1ccc(NCCc2ccc(F)cc2)cn1. The van der Waals surface area contributed by atoms with Gasteiger partial charge in [-0.15, -0.1) is 0 Å². The molecule has 0 fully saturated rings. The van der Waals surface area contributed by atoms with Crippen molar-refractivity contribution in [2.45, 2.75) is 12.8 Å². The lowest BCUT2D eigenvalue weighted by molar-refractivity contribution is 0.0947. The summed E-state index contributed by atoms with van der Waals surface area (Å²) in [5, 5.41) is 6.11. The minimum Gasteiger partial charge on any atom is -0.383 e. The van der Waals surface area contributed by atoms with E-state index in [0.717, 1.165) is 30.6 Å². The first-order chi connectivity index (χ1) is 12.0. The number of carbonyl (C=O) groups is 1. The topological polar surface area (TPSA) is 57.3 Å². The van der Waals surface area contributed by atoms with Crippen LogP contribution in [0.2, 0.25) is 0 Å². The first-order valence-corrected chi connectivity index (χ1v) is 8.42. The number of nitrogens with one attached hydrogen (secondary N) is 2. The molecule has 134 valence electrons. The Hall–Kier alpha value is -2.47. The number of benzene rings is 1. The second-order valence-corrected chi connectivity index (χ2v) is 6.15. The van der Waals surface area contributed by atoms with Gasteiger partial charge in [0.2, 0.25) is 0 Å². The fourth-order valence-electron chi connectivity index (χ4n) is 2.32. The lowest BCUT2D eigenvalue weighted by Crippen LogP contribution is -2.27. The quantitative estimate of drug-likeness (QED) is 0.687. The molecule has 2 aromatic rings. The Labute approximate surface area is 148 Å². The zero-order valence-corrected chi connectivity index (χ0v) is 14.8. The average Bonchev–Trinajstić information content (AvgIpc) is 2.61. The van der Waals surface area contributed by atoms with E-state index in [9.17, 15) is 9.18 Å². The van der Waals surface area contributed by atoms with Gasteiger partial charge in [-0.05, 0) is 63.3 Å². The van der Waals surface area contributed by atoms with Gasteiger partial charge < -0.3 is 15.5 Å². The van der Waals surface area contributed by atoms with Crippen molar-refractivity contribution >= 4 is 11.6 Å². The highest BCUT2D eigenvalue weighted by molar-refractivity contribution is 5.92. The molecule has 1 aromatic carbocycles. The lowest BCUT2D eigenvalue weighted by Gasteiger charge is -2.10. The summed E-state index contributed by atoms with van der Waals surface area (Å²) in [5.41, 5.74) is 2.33. The number of aromatic nitrogens is 1. The van der Waals surface area contributed by atoms with Crippen molar-refractivity contribution in [3.63, 3.8) is 0 Å². The van der Waals surface area contributed by atoms with Crippen LogP contribution in [0.25, 0.3) is 0 Å². The number of halogens is 1. The summed E-state index contributed by atoms with van der Waals surface area (Å²) in [6.07, 6.45) is 3.34. The molecule has 25 heavy (non-hydrogen) atoms. The van der Waals surface area contributed by atoms with Crippen LogP contribution in [0.5, 0.6) is 0 Å². The molecule has 0 atom stereocenters. The van der Waals surface area contributed by atoms with Crippen molar-refractivity contribution in [2.75, 3.05) is 39.0 Å². The summed E-state index contributed by atoms with van der Waals surface area (Å²) >= 11 is 0. The van der Waals surface area contributed by atoms with E-state index in [2.05, 4.69) is 20.5 Å². The van der Waals surface area contributed by atoms with E-state index in [4.69, 9.17) is 0 Å². The monoisotopic (exact) mass is 344 g/mol. The maximum atomic E-state index is 12.9. The van der Waals surface area contributed by atoms with Gasteiger partial charge in [0.25, 0.3) is 5.91 Å². The van der Waals surface area contributed by atoms with Crippen LogP contribution in [-0.2, 0) is 6.42 Å². The van der Waals surface area contributed by atoms with Crippen LogP contribution < -0.4 is 10.6 Å². The molecule has 0 radical (unpaired) electrons. The predicted molar refractivity (Wildman–Crippen MR) is 98.3 cm³/mol. The van der Waals surface area contributed by atoms with Crippen LogP contribution in [0.1, 0.15) is 22.5 Å². The Bertz CT molecular complexity index is 656. The molecule has 2 rings (SSSR count). The van der Waals surface area contributed by atoms with Crippen LogP contribution in [0.4, 0.5) is 10.1 Å². The molecule has 0 spiro atoms. The van der Waals surface area contributed by atoms with Crippen molar-refractivity contribution in [1.82, 2.24) is 15.2 Å². The van der Waals surface area contributed by atoms with Crippen molar-refractivity contribution in [3.05, 3.63) is 59.7 Å². The second-order valence-electron chi connectivity index (χ2n) is 6.15. The normalized spacial score (nSPS) is 10.7. The summed E-state index contributed by atoms with van der Waals surface area (Å²) < 4.78 is 12.9. The summed E-state index contributed by atoms with van der Waals surface area (Å²) in [5.74, 6) is -0.381. The lowest BCUT2D eigenvalue weighted by atomic mass is 10.1. The molecule has 5 nitrogen and oxygen atoms in total. The molecule has 0 bridgehead atoms. The van der Waals surface area contributed by atoms with Gasteiger partial charge in [-0.3, -0.25) is 4.79 Å². The fourth-order valence-corrected chi connectivity index (χ4v) is 2.32. The number of nitrogens with zero attached hydrogens (tertiary/aromatic N) is 2. The van der Waals surface area contributed by atoms with Gasteiger partial charge >= 0.3 is 0 Å².